The van der Waals surface area contributed by atoms with Gasteiger partial charge in [0.05, 0.1) is 5.52 Å². The molecule has 1 heterocycles. The maximum absolute atomic E-state index is 8.92. The second-order valence-corrected chi connectivity index (χ2v) is 4.06. The zero-order valence-electron chi connectivity index (χ0n) is 9.35. The van der Waals surface area contributed by atoms with Gasteiger partial charge in [-0.2, -0.15) is 0 Å². The lowest BCUT2D eigenvalue weighted by molar-refractivity contribution is 0.244. The number of fused-ring (bicyclic) bond motifs is 1. The highest BCUT2D eigenvalue weighted by molar-refractivity contribution is 5.79. The molecule has 0 aliphatic carbocycles. The Bertz CT molecular complexity index is 470. The molecule has 0 bridgehead atoms. The first-order valence-corrected chi connectivity index (χ1v) is 5.50. The minimum atomic E-state index is 0.195. The topological polar surface area (TPSA) is 45.1 Å². The predicted molar refractivity (Wildman–Crippen MR) is 66.5 cm³/mol. The Morgan fingerprint density at radius 3 is 2.88 bits per heavy atom. The van der Waals surface area contributed by atoms with Crippen LogP contribution < -0.4 is 5.32 Å². The van der Waals surface area contributed by atoms with E-state index in [1.165, 1.54) is 0 Å². The number of hydrogen-bond acceptors (Lipinski definition) is 3. The van der Waals surface area contributed by atoms with Crippen LogP contribution in [0.4, 0.5) is 5.82 Å². The van der Waals surface area contributed by atoms with E-state index < -0.39 is 0 Å². The van der Waals surface area contributed by atoms with E-state index in [1.54, 1.807) is 0 Å². The standard InChI is InChI=1S/C13H16N2O/c1-10(9-16)8-14-13-7-6-11-4-2-3-5-12(11)15-13/h2-7,10,16H,8-9H2,1H3,(H,14,15). The zero-order valence-corrected chi connectivity index (χ0v) is 9.35. The van der Waals surface area contributed by atoms with E-state index in [1.807, 2.05) is 43.3 Å². The molecule has 84 valence electrons. The monoisotopic (exact) mass is 216 g/mol. The third-order valence-electron chi connectivity index (χ3n) is 2.54. The van der Waals surface area contributed by atoms with Gasteiger partial charge in [-0.3, -0.25) is 0 Å². The third kappa shape index (κ3) is 2.49. The normalized spacial score (nSPS) is 12.6. The van der Waals surface area contributed by atoms with Crippen molar-refractivity contribution in [3.8, 4) is 0 Å². The van der Waals surface area contributed by atoms with Gasteiger partial charge >= 0.3 is 0 Å². The molecule has 2 rings (SSSR count). The molecule has 2 aromatic rings. The minimum Gasteiger partial charge on any atom is -0.396 e. The molecule has 2 N–H and O–H groups in total. The Hall–Kier alpha value is -1.61. The van der Waals surface area contributed by atoms with Crippen LogP contribution in [-0.2, 0) is 0 Å². The van der Waals surface area contributed by atoms with Gasteiger partial charge in [0.1, 0.15) is 5.82 Å². The third-order valence-corrected chi connectivity index (χ3v) is 2.54. The van der Waals surface area contributed by atoms with Gasteiger partial charge in [-0.05, 0) is 24.1 Å². The Labute approximate surface area is 95.1 Å². The molecule has 16 heavy (non-hydrogen) atoms. The molecule has 1 unspecified atom stereocenters. The van der Waals surface area contributed by atoms with Gasteiger partial charge in [0.25, 0.3) is 0 Å². The summed E-state index contributed by atoms with van der Waals surface area (Å²) in [5, 5.41) is 13.3. The molecule has 0 fully saturated rings. The molecular weight excluding hydrogens is 200 g/mol. The molecule has 0 spiro atoms. The summed E-state index contributed by atoms with van der Waals surface area (Å²) in [5.74, 6) is 1.10. The highest BCUT2D eigenvalue weighted by atomic mass is 16.3. The first-order chi connectivity index (χ1) is 7.79. The molecule has 0 aliphatic heterocycles. The largest absolute Gasteiger partial charge is 0.396 e. The number of benzene rings is 1. The van der Waals surface area contributed by atoms with Crippen LogP contribution >= 0.6 is 0 Å². The Balaban J connectivity index is 2.13. The number of para-hydroxylation sites is 1. The van der Waals surface area contributed by atoms with Crippen LogP contribution in [-0.4, -0.2) is 23.2 Å². The lowest BCUT2D eigenvalue weighted by atomic mass is 10.2. The fourth-order valence-corrected chi connectivity index (χ4v) is 1.51. The summed E-state index contributed by atoms with van der Waals surface area (Å²) < 4.78 is 0. The summed E-state index contributed by atoms with van der Waals surface area (Å²) in [5.41, 5.74) is 0.990. The number of aliphatic hydroxyl groups is 1. The van der Waals surface area contributed by atoms with E-state index in [4.69, 9.17) is 5.11 Å². The smallest absolute Gasteiger partial charge is 0.126 e. The van der Waals surface area contributed by atoms with Gasteiger partial charge in [0, 0.05) is 18.5 Å². The number of aromatic nitrogens is 1. The molecule has 0 saturated heterocycles. The number of anilines is 1. The Kier molecular flexibility index (Phi) is 3.37. The summed E-state index contributed by atoms with van der Waals surface area (Å²) >= 11 is 0. The maximum Gasteiger partial charge on any atom is 0.126 e. The van der Waals surface area contributed by atoms with E-state index in [9.17, 15) is 0 Å². The van der Waals surface area contributed by atoms with Gasteiger partial charge in [0.15, 0.2) is 0 Å². The number of nitrogens with zero attached hydrogens (tertiary/aromatic N) is 1. The molecule has 1 atom stereocenters. The first-order valence-electron chi connectivity index (χ1n) is 5.50. The van der Waals surface area contributed by atoms with Crippen LogP contribution in [0.1, 0.15) is 6.92 Å². The van der Waals surface area contributed by atoms with E-state index in [2.05, 4.69) is 10.3 Å². The zero-order chi connectivity index (χ0) is 11.4. The van der Waals surface area contributed by atoms with Crippen LogP contribution in [0.2, 0.25) is 0 Å². The molecular formula is C13H16N2O. The van der Waals surface area contributed by atoms with Crippen molar-refractivity contribution < 1.29 is 5.11 Å². The lowest BCUT2D eigenvalue weighted by Gasteiger charge is -2.10. The van der Waals surface area contributed by atoms with Gasteiger partial charge in [-0.1, -0.05) is 25.1 Å². The summed E-state index contributed by atoms with van der Waals surface area (Å²) in [6.45, 7) is 2.93. The van der Waals surface area contributed by atoms with Crippen molar-refractivity contribution >= 4 is 16.7 Å². The molecule has 1 aromatic heterocycles. The first kappa shape index (κ1) is 10.9. The molecule has 0 radical (unpaired) electrons. The van der Waals surface area contributed by atoms with Crippen LogP contribution in [0.25, 0.3) is 10.9 Å². The fourth-order valence-electron chi connectivity index (χ4n) is 1.51. The molecule has 3 heteroatoms. The highest BCUT2D eigenvalue weighted by Gasteiger charge is 2.01. The van der Waals surface area contributed by atoms with Crippen LogP contribution in [0, 0.1) is 5.92 Å². The van der Waals surface area contributed by atoms with E-state index in [-0.39, 0.29) is 12.5 Å². The van der Waals surface area contributed by atoms with Gasteiger partial charge in [-0.25, -0.2) is 4.98 Å². The Morgan fingerprint density at radius 1 is 1.25 bits per heavy atom. The minimum absolute atomic E-state index is 0.195. The van der Waals surface area contributed by atoms with Crippen molar-refractivity contribution in [1.29, 1.82) is 0 Å². The van der Waals surface area contributed by atoms with Crippen molar-refractivity contribution in [3.63, 3.8) is 0 Å². The van der Waals surface area contributed by atoms with Crippen molar-refractivity contribution in [1.82, 2.24) is 4.98 Å². The SMILES string of the molecule is CC(CO)CNc1ccc2ccccc2n1. The van der Waals surface area contributed by atoms with Crippen molar-refractivity contribution in [2.24, 2.45) is 5.92 Å². The number of rotatable bonds is 4. The molecule has 3 nitrogen and oxygen atoms in total. The van der Waals surface area contributed by atoms with Gasteiger partial charge in [-0.15, -0.1) is 0 Å². The number of nitrogens with one attached hydrogen (secondary N) is 1. The average Bonchev–Trinajstić information content (AvgIpc) is 2.35. The molecule has 0 saturated carbocycles. The van der Waals surface area contributed by atoms with Gasteiger partial charge < -0.3 is 10.4 Å². The molecule has 0 aliphatic rings. The number of aliphatic hydroxyl groups excluding tert-OH is 1. The second kappa shape index (κ2) is 4.94. The summed E-state index contributed by atoms with van der Waals surface area (Å²) in [4.78, 5) is 4.49. The van der Waals surface area contributed by atoms with Crippen LogP contribution in [0.5, 0.6) is 0 Å². The average molecular weight is 216 g/mol. The quantitative estimate of drug-likeness (QED) is 0.824. The maximum atomic E-state index is 8.92. The van der Waals surface area contributed by atoms with Crippen molar-refractivity contribution in [2.75, 3.05) is 18.5 Å². The molecule has 1 aromatic carbocycles. The summed E-state index contributed by atoms with van der Waals surface area (Å²) in [7, 11) is 0. The predicted octanol–water partition coefficient (Wildman–Crippen LogP) is 2.28. The number of hydrogen-bond donors (Lipinski definition) is 2. The van der Waals surface area contributed by atoms with Gasteiger partial charge in [0.2, 0.25) is 0 Å². The van der Waals surface area contributed by atoms with E-state index in [0.717, 1.165) is 23.3 Å². The Morgan fingerprint density at radius 2 is 2.06 bits per heavy atom. The second-order valence-electron chi connectivity index (χ2n) is 4.06. The van der Waals surface area contributed by atoms with E-state index in [0.29, 0.717) is 0 Å². The van der Waals surface area contributed by atoms with E-state index >= 15 is 0 Å². The molecule has 0 amide bonds. The summed E-state index contributed by atoms with van der Waals surface area (Å²) in [6.07, 6.45) is 0. The summed E-state index contributed by atoms with van der Waals surface area (Å²) in [6, 6.07) is 12.0. The van der Waals surface area contributed by atoms with Crippen molar-refractivity contribution in [2.45, 2.75) is 6.92 Å². The fraction of sp³-hybridized carbons (Fsp3) is 0.308. The lowest BCUT2D eigenvalue weighted by Crippen LogP contribution is -2.15. The van der Waals surface area contributed by atoms with Crippen LogP contribution in [0.15, 0.2) is 36.4 Å². The van der Waals surface area contributed by atoms with Crippen molar-refractivity contribution in [3.05, 3.63) is 36.4 Å². The highest BCUT2D eigenvalue weighted by Crippen LogP contribution is 2.14. The number of pyridine rings is 1. The van der Waals surface area contributed by atoms with Crippen LogP contribution in [0.3, 0.4) is 0 Å².